The van der Waals surface area contributed by atoms with Gasteiger partial charge < -0.3 is 29.3 Å². The molecule has 4 heterocycles. The Morgan fingerprint density at radius 1 is 1.00 bits per heavy atom. The number of carbonyl (C=O) groups excluding carboxylic acids is 1. The van der Waals surface area contributed by atoms with Crippen molar-refractivity contribution < 1.29 is 28.6 Å². The van der Waals surface area contributed by atoms with Crippen LogP contribution in [0.25, 0.3) is 11.1 Å². The summed E-state index contributed by atoms with van der Waals surface area (Å²) < 4.78 is 27.6. The van der Waals surface area contributed by atoms with Gasteiger partial charge in [0.1, 0.15) is 11.6 Å². The normalized spacial score (nSPS) is 24.3. The second-order valence-electron chi connectivity index (χ2n) is 13.5. The van der Waals surface area contributed by atoms with E-state index in [2.05, 4.69) is 35.6 Å². The fraction of sp³-hybridized carbons (Fsp3) is 0.444. The maximum Gasteiger partial charge on any atom is 0.337 e. The zero-order chi connectivity index (χ0) is 33.1. The van der Waals surface area contributed by atoms with Crippen LogP contribution >= 0.6 is 11.6 Å². The van der Waals surface area contributed by atoms with Crippen LogP contribution < -0.4 is 14.5 Å². The Bertz CT molecular complexity index is 1710. The van der Waals surface area contributed by atoms with Crippen molar-refractivity contribution >= 4 is 34.9 Å². The number of carbonyl (C=O) groups is 2. The fourth-order valence-corrected chi connectivity index (χ4v) is 8.11. The summed E-state index contributed by atoms with van der Waals surface area (Å²) in [6, 6.07) is 12.9. The van der Waals surface area contributed by atoms with E-state index in [1.54, 1.807) is 23.1 Å². The van der Waals surface area contributed by atoms with E-state index < -0.39 is 11.8 Å². The number of rotatable bonds is 5. The van der Waals surface area contributed by atoms with Gasteiger partial charge in [0.05, 0.1) is 53.7 Å². The molecule has 2 bridgehead atoms. The topological polar surface area (TPSA) is 85.8 Å². The lowest BCUT2D eigenvalue weighted by Crippen LogP contribution is -2.55. The van der Waals surface area contributed by atoms with E-state index in [-0.39, 0.29) is 42.4 Å². The number of piperazine rings is 1. The van der Waals surface area contributed by atoms with Gasteiger partial charge in [0.15, 0.2) is 6.73 Å². The largest absolute Gasteiger partial charge is 0.478 e. The zero-order valence-electron chi connectivity index (χ0n) is 27.1. The highest BCUT2D eigenvalue weighted by atomic mass is 35.5. The Kier molecular flexibility index (Phi) is 8.30. The molecule has 0 radical (unpaired) electrons. The Hall–Kier alpha value is -3.86. The van der Waals surface area contributed by atoms with E-state index >= 15 is 4.39 Å². The van der Waals surface area contributed by atoms with Gasteiger partial charge in [0.2, 0.25) is 0 Å². The molecule has 1 amide bonds. The second kappa shape index (κ2) is 12.3. The third-order valence-electron chi connectivity index (χ3n) is 10.3. The molecule has 3 aromatic carbocycles. The average molecular weight is 663 g/mol. The molecule has 1 N–H and O–H groups in total. The number of para-hydroxylation sites is 1. The molecule has 248 valence electrons. The van der Waals surface area contributed by atoms with Crippen LogP contribution in [0.3, 0.4) is 0 Å². The molecule has 3 saturated heterocycles. The maximum atomic E-state index is 15.7. The number of carboxylic acid groups (broad SMARTS) is 1. The maximum absolute atomic E-state index is 15.7. The van der Waals surface area contributed by atoms with Crippen LogP contribution in [-0.2, 0) is 11.3 Å². The predicted octanol–water partition coefficient (Wildman–Crippen LogP) is 6.04. The quantitative estimate of drug-likeness (QED) is 0.354. The number of likely N-dealkylation sites (N-methyl/N-ethyl adjacent to an activating group) is 1. The van der Waals surface area contributed by atoms with Crippen molar-refractivity contribution in [2.45, 2.75) is 64.3 Å². The monoisotopic (exact) mass is 662 g/mol. The van der Waals surface area contributed by atoms with Crippen molar-refractivity contribution in [1.29, 1.82) is 0 Å². The molecule has 7 rings (SSSR count). The predicted molar refractivity (Wildman–Crippen MR) is 179 cm³/mol. The Morgan fingerprint density at radius 3 is 2.45 bits per heavy atom. The van der Waals surface area contributed by atoms with E-state index in [4.69, 9.17) is 21.1 Å². The van der Waals surface area contributed by atoms with Crippen LogP contribution in [0.1, 0.15) is 58.5 Å². The van der Waals surface area contributed by atoms with E-state index in [1.807, 2.05) is 25.1 Å². The number of amides is 1. The van der Waals surface area contributed by atoms with Crippen molar-refractivity contribution in [1.82, 2.24) is 9.80 Å². The molecule has 11 heteroatoms. The van der Waals surface area contributed by atoms with Gasteiger partial charge >= 0.3 is 5.97 Å². The first-order valence-corrected chi connectivity index (χ1v) is 16.6. The lowest BCUT2D eigenvalue weighted by Gasteiger charge is -2.44. The second-order valence-corrected chi connectivity index (χ2v) is 13.9. The SMILES string of the molecule is Cc1cc(N2C[C@@H](C)N(C)C[C@H]2C)cc(Cl)c1C(=O)N1COc2c(cccc2-c2cc(N3C4CCC3COC4)c(C(=O)O)cc2F)C1. The van der Waals surface area contributed by atoms with Gasteiger partial charge in [-0.15, -0.1) is 0 Å². The molecule has 4 aliphatic rings. The lowest BCUT2D eigenvalue weighted by molar-refractivity contribution is 0.0515. The van der Waals surface area contributed by atoms with Crippen molar-refractivity contribution in [2.75, 3.05) is 49.9 Å². The number of benzene rings is 3. The molecular formula is C36H40ClFN4O5. The van der Waals surface area contributed by atoms with Gasteiger partial charge in [-0.25, -0.2) is 9.18 Å². The highest BCUT2D eigenvalue weighted by molar-refractivity contribution is 6.34. The number of hydrogen-bond acceptors (Lipinski definition) is 7. The minimum Gasteiger partial charge on any atom is -0.478 e. The van der Waals surface area contributed by atoms with Crippen molar-refractivity contribution in [3.63, 3.8) is 0 Å². The summed E-state index contributed by atoms with van der Waals surface area (Å²) in [5.74, 6) is -1.58. The van der Waals surface area contributed by atoms with Gasteiger partial charge in [0.25, 0.3) is 5.91 Å². The summed E-state index contributed by atoms with van der Waals surface area (Å²) >= 11 is 6.82. The number of aromatic carboxylic acids is 1. The fourth-order valence-electron chi connectivity index (χ4n) is 7.77. The van der Waals surface area contributed by atoms with Crippen molar-refractivity contribution in [3.05, 3.63) is 75.6 Å². The number of halogens is 2. The number of nitrogens with zero attached hydrogens (tertiary/aromatic N) is 4. The van der Waals surface area contributed by atoms with Crippen molar-refractivity contribution in [3.8, 4) is 16.9 Å². The first-order valence-electron chi connectivity index (χ1n) is 16.3. The number of fused-ring (bicyclic) bond motifs is 3. The summed E-state index contributed by atoms with van der Waals surface area (Å²) in [7, 11) is 2.14. The van der Waals surface area contributed by atoms with E-state index in [0.717, 1.165) is 48.8 Å². The summed E-state index contributed by atoms with van der Waals surface area (Å²) in [4.78, 5) is 34.5. The third-order valence-corrected chi connectivity index (χ3v) is 10.6. The standard InChI is InChI=1S/C36H40ClFN4O5/c1-20-10-26(41-15-21(2)39(4)14-22(41)3)11-30(37)33(20)35(43)40-16-23-6-5-7-27(34(23)47-19-40)28-13-32(29(36(44)45)12-31(28)38)42-24-8-9-25(42)18-46-17-24/h5-7,10-13,21-22,24-25H,8-9,14-19H2,1-4H3,(H,44,45)/t21-,22-,24?,25?/m1/s1. The summed E-state index contributed by atoms with van der Waals surface area (Å²) in [5.41, 5.74) is 4.15. The minimum atomic E-state index is -1.17. The highest BCUT2D eigenvalue weighted by Crippen LogP contribution is 2.43. The number of morpholine rings is 1. The van der Waals surface area contributed by atoms with Gasteiger partial charge in [-0.2, -0.15) is 0 Å². The van der Waals surface area contributed by atoms with Crippen LogP contribution in [0.4, 0.5) is 15.8 Å². The smallest absolute Gasteiger partial charge is 0.337 e. The van der Waals surface area contributed by atoms with Crippen molar-refractivity contribution in [2.24, 2.45) is 0 Å². The Morgan fingerprint density at radius 2 is 1.74 bits per heavy atom. The van der Waals surface area contributed by atoms with E-state index in [9.17, 15) is 14.7 Å². The van der Waals surface area contributed by atoms with Crippen LogP contribution in [-0.4, -0.2) is 91.0 Å². The van der Waals surface area contributed by atoms with Gasteiger partial charge in [-0.05, 0) is 70.5 Å². The molecule has 0 saturated carbocycles. The number of anilines is 2. The van der Waals surface area contributed by atoms with E-state index in [1.165, 1.54) is 0 Å². The Labute approximate surface area is 279 Å². The van der Waals surface area contributed by atoms with Crippen LogP contribution in [0.2, 0.25) is 5.02 Å². The number of hydrogen-bond donors (Lipinski definition) is 1. The third kappa shape index (κ3) is 5.60. The average Bonchev–Trinajstić information content (AvgIpc) is 3.28. The van der Waals surface area contributed by atoms with Crippen LogP contribution in [0.5, 0.6) is 5.75 Å². The molecule has 0 spiro atoms. The van der Waals surface area contributed by atoms with Gasteiger partial charge in [-0.1, -0.05) is 29.8 Å². The highest BCUT2D eigenvalue weighted by Gasteiger charge is 2.40. The molecule has 47 heavy (non-hydrogen) atoms. The first-order chi connectivity index (χ1) is 22.5. The van der Waals surface area contributed by atoms with Crippen LogP contribution in [0.15, 0.2) is 42.5 Å². The van der Waals surface area contributed by atoms with E-state index in [0.29, 0.717) is 52.9 Å². The number of ether oxygens (including phenoxy) is 2. The molecule has 0 aliphatic carbocycles. The lowest BCUT2D eigenvalue weighted by atomic mass is 9.96. The first kappa shape index (κ1) is 31.7. The molecule has 3 aromatic rings. The minimum absolute atomic E-state index is 0.0390. The number of carboxylic acids is 1. The van der Waals surface area contributed by atoms with Crippen LogP contribution in [0, 0.1) is 12.7 Å². The molecule has 9 nitrogen and oxygen atoms in total. The summed E-state index contributed by atoms with van der Waals surface area (Å²) in [6.07, 6.45) is 1.79. The van der Waals surface area contributed by atoms with Gasteiger partial charge in [-0.3, -0.25) is 9.69 Å². The Balaban J connectivity index is 1.17. The van der Waals surface area contributed by atoms with Gasteiger partial charge in [0, 0.05) is 47.6 Å². The molecule has 2 unspecified atom stereocenters. The summed E-state index contributed by atoms with van der Waals surface area (Å²) in [5, 5.41) is 10.4. The molecule has 0 aromatic heterocycles. The summed E-state index contributed by atoms with van der Waals surface area (Å²) in [6.45, 7) is 9.35. The molecular weight excluding hydrogens is 623 g/mol. The molecule has 3 fully saturated rings. The molecule has 4 aliphatic heterocycles. The zero-order valence-corrected chi connectivity index (χ0v) is 27.9. The molecule has 4 atom stereocenters. The number of aryl methyl sites for hydroxylation is 1.